The summed E-state index contributed by atoms with van der Waals surface area (Å²) < 4.78 is 15.4. The molecule has 3 nitrogen and oxygen atoms in total. The van der Waals surface area contributed by atoms with Gasteiger partial charge in [0, 0.05) is 35.0 Å². The summed E-state index contributed by atoms with van der Waals surface area (Å²) in [4.78, 5) is 0.638. The Morgan fingerprint density at radius 1 is 1.42 bits per heavy atom. The largest absolute Gasteiger partial charge is 0.323 e. The highest BCUT2D eigenvalue weighted by Gasteiger charge is 2.10. The third-order valence-electron chi connectivity index (χ3n) is 2.79. The van der Waals surface area contributed by atoms with Gasteiger partial charge >= 0.3 is 0 Å². The van der Waals surface area contributed by atoms with Crippen molar-refractivity contribution in [1.29, 1.82) is 0 Å². The van der Waals surface area contributed by atoms with E-state index in [0.717, 1.165) is 18.5 Å². The molecule has 2 aromatic rings. The fourth-order valence-electron chi connectivity index (χ4n) is 1.76. The number of nitrogens with two attached hydrogens (primary N) is 1. The highest BCUT2D eigenvalue weighted by molar-refractivity contribution is 7.99. The topological polar surface area (TPSA) is 43.8 Å². The van der Waals surface area contributed by atoms with Crippen LogP contribution in [0.25, 0.3) is 0 Å². The minimum Gasteiger partial charge on any atom is -0.323 e. The Labute approximate surface area is 117 Å². The Morgan fingerprint density at radius 3 is 2.95 bits per heavy atom. The summed E-state index contributed by atoms with van der Waals surface area (Å²) >= 11 is 1.44. The summed E-state index contributed by atoms with van der Waals surface area (Å²) in [5.41, 5.74) is 7.10. The second-order valence-corrected chi connectivity index (χ2v) is 5.45. The lowest BCUT2D eigenvalue weighted by Crippen LogP contribution is -2.12. The van der Waals surface area contributed by atoms with Crippen LogP contribution in [-0.2, 0) is 6.54 Å². The second-order valence-electron chi connectivity index (χ2n) is 4.38. The van der Waals surface area contributed by atoms with Crippen LogP contribution in [0.1, 0.15) is 24.9 Å². The Bertz CT molecular complexity index is 527. The van der Waals surface area contributed by atoms with Gasteiger partial charge in [-0.25, -0.2) is 4.39 Å². The molecule has 0 amide bonds. The molecule has 2 rings (SSSR count). The molecule has 0 radical (unpaired) electrons. The van der Waals surface area contributed by atoms with Crippen LogP contribution in [0.2, 0.25) is 0 Å². The van der Waals surface area contributed by atoms with E-state index in [1.165, 1.54) is 17.8 Å². The van der Waals surface area contributed by atoms with Crippen molar-refractivity contribution >= 4 is 11.8 Å². The Balaban J connectivity index is 1.93. The van der Waals surface area contributed by atoms with E-state index in [1.54, 1.807) is 18.3 Å². The number of aryl methyl sites for hydroxylation is 1. The first-order valence-electron chi connectivity index (χ1n) is 6.36. The lowest BCUT2D eigenvalue weighted by molar-refractivity contribution is 0.601. The number of aromatic nitrogens is 2. The zero-order chi connectivity index (χ0) is 13.7. The van der Waals surface area contributed by atoms with Crippen molar-refractivity contribution in [2.45, 2.75) is 30.8 Å². The van der Waals surface area contributed by atoms with Gasteiger partial charge in [-0.1, -0.05) is 19.1 Å². The maximum absolute atomic E-state index is 13.5. The third kappa shape index (κ3) is 3.81. The van der Waals surface area contributed by atoms with Crippen molar-refractivity contribution < 1.29 is 4.39 Å². The molecule has 0 fully saturated rings. The molecule has 102 valence electrons. The van der Waals surface area contributed by atoms with Gasteiger partial charge in [0.1, 0.15) is 5.82 Å². The smallest absolute Gasteiger partial charge is 0.136 e. The fraction of sp³-hybridized carbons (Fsp3) is 0.357. The van der Waals surface area contributed by atoms with Crippen molar-refractivity contribution in [3.63, 3.8) is 0 Å². The third-order valence-corrected chi connectivity index (χ3v) is 3.96. The summed E-state index contributed by atoms with van der Waals surface area (Å²) in [5, 5.41) is 4.25. The van der Waals surface area contributed by atoms with E-state index in [9.17, 15) is 4.39 Å². The zero-order valence-electron chi connectivity index (χ0n) is 10.9. The summed E-state index contributed by atoms with van der Waals surface area (Å²) in [7, 11) is 0. The van der Waals surface area contributed by atoms with Crippen LogP contribution >= 0.6 is 11.8 Å². The zero-order valence-corrected chi connectivity index (χ0v) is 11.7. The van der Waals surface area contributed by atoms with Crippen molar-refractivity contribution in [3.05, 3.63) is 48.0 Å². The van der Waals surface area contributed by atoms with Gasteiger partial charge in [-0.05, 0) is 18.6 Å². The lowest BCUT2D eigenvalue weighted by atomic mass is 10.2. The molecule has 0 aliphatic heterocycles. The molecule has 1 heterocycles. The number of rotatable bonds is 6. The molecule has 2 N–H and O–H groups in total. The molecule has 19 heavy (non-hydrogen) atoms. The van der Waals surface area contributed by atoms with E-state index in [4.69, 9.17) is 5.73 Å². The van der Waals surface area contributed by atoms with E-state index in [1.807, 2.05) is 16.9 Å². The van der Waals surface area contributed by atoms with Crippen molar-refractivity contribution in [2.24, 2.45) is 5.73 Å². The standard InChI is InChI=1S/C14H18FN3S/c1-2-7-18-9-11(8-17-18)13(16)10-19-14-6-4-3-5-12(14)15/h3-6,8-9,13H,2,7,10,16H2,1H3. The lowest BCUT2D eigenvalue weighted by Gasteiger charge is -2.09. The summed E-state index contributed by atoms with van der Waals surface area (Å²) in [6, 6.07) is 6.63. The molecule has 1 aromatic carbocycles. The van der Waals surface area contributed by atoms with Gasteiger partial charge in [-0.2, -0.15) is 5.10 Å². The van der Waals surface area contributed by atoms with Crippen LogP contribution in [-0.4, -0.2) is 15.5 Å². The maximum atomic E-state index is 13.5. The van der Waals surface area contributed by atoms with E-state index < -0.39 is 0 Å². The summed E-state index contributed by atoms with van der Waals surface area (Å²) in [5.74, 6) is 0.444. The van der Waals surface area contributed by atoms with Gasteiger partial charge < -0.3 is 5.73 Å². The molecule has 0 aliphatic carbocycles. The number of thioether (sulfide) groups is 1. The summed E-state index contributed by atoms with van der Waals surface area (Å²) in [6.45, 7) is 3.00. The number of hydrogen-bond donors (Lipinski definition) is 1. The average Bonchev–Trinajstić information content (AvgIpc) is 2.87. The quantitative estimate of drug-likeness (QED) is 0.826. The molecule has 0 aliphatic rings. The van der Waals surface area contributed by atoms with Crippen LogP contribution < -0.4 is 5.73 Å². The highest BCUT2D eigenvalue weighted by atomic mass is 32.2. The maximum Gasteiger partial charge on any atom is 0.136 e. The Morgan fingerprint density at radius 2 is 2.21 bits per heavy atom. The molecule has 0 bridgehead atoms. The van der Waals surface area contributed by atoms with Gasteiger partial charge in [0.2, 0.25) is 0 Å². The Hall–Kier alpha value is -1.33. The predicted octanol–water partition coefficient (Wildman–Crippen LogP) is 3.22. The predicted molar refractivity (Wildman–Crippen MR) is 76.6 cm³/mol. The molecule has 1 unspecified atom stereocenters. The molecule has 5 heteroatoms. The minimum atomic E-state index is -0.193. The van der Waals surface area contributed by atoms with Crippen LogP contribution in [0, 0.1) is 5.82 Å². The van der Waals surface area contributed by atoms with Crippen molar-refractivity contribution in [3.8, 4) is 0 Å². The summed E-state index contributed by atoms with van der Waals surface area (Å²) in [6.07, 6.45) is 4.80. The number of benzene rings is 1. The van der Waals surface area contributed by atoms with Crippen LogP contribution in [0.3, 0.4) is 0 Å². The average molecular weight is 279 g/mol. The van der Waals surface area contributed by atoms with Crippen LogP contribution in [0.4, 0.5) is 4.39 Å². The first kappa shape index (κ1) is 14.1. The first-order valence-corrected chi connectivity index (χ1v) is 7.34. The van der Waals surface area contributed by atoms with Gasteiger partial charge in [0.05, 0.1) is 6.20 Å². The van der Waals surface area contributed by atoms with Gasteiger partial charge in [0.25, 0.3) is 0 Å². The molecule has 0 saturated heterocycles. The molecule has 0 saturated carbocycles. The molecular weight excluding hydrogens is 261 g/mol. The number of hydrogen-bond acceptors (Lipinski definition) is 3. The number of nitrogens with zero attached hydrogens (tertiary/aromatic N) is 2. The van der Waals surface area contributed by atoms with E-state index >= 15 is 0 Å². The molecule has 1 aromatic heterocycles. The highest BCUT2D eigenvalue weighted by Crippen LogP contribution is 2.25. The van der Waals surface area contributed by atoms with Gasteiger partial charge in [-0.15, -0.1) is 11.8 Å². The second kappa shape index (κ2) is 6.73. The van der Waals surface area contributed by atoms with Gasteiger partial charge in [0.15, 0.2) is 0 Å². The molecular formula is C14H18FN3S. The van der Waals surface area contributed by atoms with Gasteiger partial charge in [-0.3, -0.25) is 4.68 Å². The first-order chi connectivity index (χ1) is 9.20. The van der Waals surface area contributed by atoms with E-state index in [0.29, 0.717) is 10.6 Å². The van der Waals surface area contributed by atoms with Crippen LogP contribution in [0.15, 0.2) is 41.6 Å². The Kier molecular flexibility index (Phi) is 4.99. The normalized spacial score (nSPS) is 12.6. The van der Waals surface area contributed by atoms with Crippen molar-refractivity contribution in [1.82, 2.24) is 9.78 Å². The minimum absolute atomic E-state index is 0.129. The van der Waals surface area contributed by atoms with E-state index in [-0.39, 0.29) is 11.9 Å². The molecule has 0 spiro atoms. The van der Waals surface area contributed by atoms with Crippen molar-refractivity contribution in [2.75, 3.05) is 5.75 Å². The number of halogens is 1. The SMILES string of the molecule is CCCn1cc(C(N)CSc2ccccc2F)cn1. The van der Waals surface area contributed by atoms with Crippen LogP contribution in [0.5, 0.6) is 0 Å². The van der Waals surface area contributed by atoms with E-state index in [2.05, 4.69) is 12.0 Å². The fourth-order valence-corrected chi connectivity index (χ4v) is 2.69. The monoisotopic (exact) mass is 279 g/mol. The molecule has 1 atom stereocenters.